The van der Waals surface area contributed by atoms with Crippen LogP contribution >= 0.6 is 11.3 Å². The minimum atomic E-state index is -0.622. The Balaban J connectivity index is 1.94. The second-order valence-electron chi connectivity index (χ2n) is 7.78. The third-order valence-corrected chi connectivity index (χ3v) is 6.02. The molecule has 1 aromatic heterocycles. The highest BCUT2D eigenvalue weighted by atomic mass is 32.1. The summed E-state index contributed by atoms with van der Waals surface area (Å²) in [6.45, 7) is 6.07. The molecule has 1 heterocycles. The molecule has 0 fully saturated rings. The number of carbonyl (C=O) groups is 2. The summed E-state index contributed by atoms with van der Waals surface area (Å²) in [5, 5.41) is 6.62. The van der Waals surface area contributed by atoms with Gasteiger partial charge in [-0.1, -0.05) is 74.5 Å². The summed E-state index contributed by atoms with van der Waals surface area (Å²) in [6.07, 6.45) is 0. The minimum absolute atomic E-state index is 0.0812. The Kier molecular flexibility index (Phi) is 7.55. The first-order valence-electron chi connectivity index (χ1n) is 10.3. The Morgan fingerprint density at radius 3 is 2.19 bits per heavy atom. The predicted molar refractivity (Wildman–Crippen MR) is 125 cm³/mol. The van der Waals surface area contributed by atoms with E-state index in [0.29, 0.717) is 17.2 Å². The van der Waals surface area contributed by atoms with E-state index in [9.17, 15) is 9.59 Å². The maximum absolute atomic E-state index is 13.1. The van der Waals surface area contributed by atoms with Crippen LogP contribution in [0.3, 0.4) is 0 Å². The molecule has 31 heavy (non-hydrogen) atoms. The van der Waals surface area contributed by atoms with E-state index < -0.39 is 6.04 Å². The van der Waals surface area contributed by atoms with E-state index in [1.807, 2.05) is 74.5 Å². The van der Waals surface area contributed by atoms with Gasteiger partial charge in [0.2, 0.25) is 5.91 Å². The van der Waals surface area contributed by atoms with Gasteiger partial charge in [-0.3, -0.25) is 9.59 Å². The van der Waals surface area contributed by atoms with E-state index in [1.165, 1.54) is 11.3 Å². The molecule has 162 valence electrons. The molecular formula is C24H28N4O2S. The van der Waals surface area contributed by atoms with Crippen LogP contribution in [-0.2, 0) is 11.3 Å². The van der Waals surface area contributed by atoms with Gasteiger partial charge >= 0.3 is 0 Å². The molecule has 3 rings (SSSR count). The van der Waals surface area contributed by atoms with Gasteiger partial charge in [-0.15, -0.1) is 11.3 Å². The van der Waals surface area contributed by atoms with Crippen LogP contribution in [0.4, 0.5) is 0 Å². The number of carbonyl (C=O) groups excluding carboxylic acids is 2. The number of aromatic nitrogens is 1. The van der Waals surface area contributed by atoms with Gasteiger partial charge in [0.1, 0.15) is 10.7 Å². The number of rotatable bonds is 8. The van der Waals surface area contributed by atoms with Gasteiger partial charge in [-0.05, 0) is 24.0 Å². The Hall–Kier alpha value is -3.03. The lowest BCUT2D eigenvalue weighted by Gasteiger charge is -2.21. The van der Waals surface area contributed by atoms with Crippen LogP contribution in [0.1, 0.15) is 47.9 Å². The minimum Gasteiger partial charge on any atom is -0.347 e. The van der Waals surface area contributed by atoms with Gasteiger partial charge < -0.3 is 16.4 Å². The molecule has 6 nitrogen and oxygen atoms in total. The smallest absolute Gasteiger partial charge is 0.271 e. The quantitative estimate of drug-likeness (QED) is 0.499. The average Bonchev–Trinajstić information content (AvgIpc) is 3.21. The number of thiazole rings is 1. The van der Waals surface area contributed by atoms with Crippen molar-refractivity contribution in [2.45, 2.75) is 39.4 Å². The molecular weight excluding hydrogens is 408 g/mol. The van der Waals surface area contributed by atoms with Gasteiger partial charge in [-0.25, -0.2) is 4.98 Å². The molecule has 7 heteroatoms. The van der Waals surface area contributed by atoms with Crippen molar-refractivity contribution in [2.24, 2.45) is 11.7 Å². The topological polar surface area (TPSA) is 97.1 Å². The van der Waals surface area contributed by atoms with E-state index in [0.717, 1.165) is 16.0 Å². The molecule has 0 aliphatic carbocycles. The highest BCUT2D eigenvalue weighted by Crippen LogP contribution is 2.35. The predicted octanol–water partition coefficient (Wildman–Crippen LogP) is 3.90. The van der Waals surface area contributed by atoms with Crippen molar-refractivity contribution in [2.75, 3.05) is 0 Å². The SMILES string of the molecule is CC(C)C(NC(=O)[C@H](C)N)c1nc(C(=O)NCc2ccccc2)c(-c2ccccc2)s1. The molecule has 2 aromatic carbocycles. The molecule has 4 N–H and O–H groups in total. The summed E-state index contributed by atoms with van der Waals surface area (Å²) >= 11 is 1.43. The summed E-state index contributed by atoms with van der Waals surface area (Å²) < 4.78 is 0. The van der Waals surface area contributed by atoms with Crippen LogP contribution in [0.15, 0.2) is 60.7 Å². The largest absolute Gasteiger partial charge is 0.347 e. The number of hydrogen-bond acceptors (Lipinski definition) is 5. The molecule has 2 amide bonds. The van der Waals surface area contributed by atoms with Gasteiger partial charge in [-0.2, -0.15) is 0 Å². The van der Waals surface area contributed by atoms with Crippen LogP contribution in [0.2, 0.25) is 0 Å². The fraction of sp³-hybridized carbons (Fsp3) is 0.292. The van der Waals surface area contributed by atoms with Crippen LogP contribution in [0.5, 0.6) is 0 Å². The number of hydrogen-bond donors (Lipinski definition) is 3. The first-order chi connectivity index (χ1) is 14.9. The van der Waals surface area contributed by atoms with E-state index in [2.05, 4.69) is 15.6 Å². The van der Waals surface area contributed by atoms with Gasteiger partial charge in [0.05, 0.1) is 17.0 Å². The van der Waals surface area contributed by atoms with E-state index >= 15 is 0 Å². The zero-order valence-corrected chi connectivity index (χ0v) is 18.8. The first kappa shape index (κ1) is 22.7. The van der Waals surface area contributed by atoms with Crippen LogP contribution in [0.25, 0.3) is 10.4 Å². The van der Waals surface area contributed by atoms with Gasteiger partial charge in [0.15, 0.2) is 0 Å². The monoisotopic (exact) mass is 436 g/mol. The lowest BCUT2D eigenvalue weighted by molar-refractivity contribution is -0.123. The third kappa shape index (κ3) is 5.77. The fourth-order valence-corrected chi connectivity index (χ4v) is 4.36. The van der Waals surface area contributed by atoms with Crippen molar-refractivity contribution in [3.8, 4) is 10.4 Å². The summed E-state index contributed by atoms with van der Waals surface area (Å²) in [7, 11) is 0. The summed E-state index contributed by atoms with van der Waals surface area (Å²) in [5.74, 6) is -0.408. The Morgan fingerprint density at radius 1 is 1.00 bits per heavy atom. The van der Waals surface area contributed by atoms with Crippen LogP contribution < -0.4 is 16.4 Å². The normalized spacial score (nSPS) is 12.9. The summed E-state index contributed by atoms with van der Waals surface area (Å²) in [4.78, 5) is 30.8. The van der Waals surface area contributed by atoms with Crippen molar-refractivity contribution < 1.29 is 9.59 Å². The molecule has 0 aliphatic heterocycles. The molecule has 0 bridgehead atoms. The van der Waals surface area contributed by atoms with Crippen molar-refractivity contribution in [3.05, 3.63) is 76.9 Å². The molecule has 2 atom stereocenters. The number of nitrogens with one attached hydrogen (secondary N) is 2. The van der Waals surface area contributed by atoms with E-state index in [1.54, 1.807) is 6.92 Å². The fourth-order valence-electron chi connectivity index (χ4n) is 3.07. The van der Waals surface area contributed by atoms with Crippen molar-refractivity contribution in [1.82, 2.24) is 15.6 Å². The highest BCUT2D eigenvalue weighted by Gasteiger charge is 2.27. The Labute approximate surface area is 186 Å². The summed E-state index contributed by atoms with van der Waals surface area (Å²) in [5.41, 5.74) is 8.03. The maximum atomic E-state index is 13.1. The lowest BCUT2D eigenvalue weighted by atomic mass is 10.0. The number of benzene rings is 2. The second-order valence-corrected chi connectivity index (χ2v) is 8.81. The maximum Gasteiger partial charge on any atom is 0.271 e. The zero-order chi connectivity index (χ0) is 22.4. The van der Waals surface area contributed by atoms with Gasteiger partial charge in [0.25, 0.3) is 5.91 Å². The number of nitrogens with two attached hydrogens (primary N) is 1. The number of amides is 2. The Morgan fingerprint density at radius 2 is 1.61 bits per heavy atom. The lowest BCUT2D eigenvalue weighted by Crippen LogP contribution is -2.41. The molecule has 3 aromatic rings. The van der Waals surface area contributed by atoms with Crippen LogP contribution in [-0.4, -0.2) is 22.8 Å². The van der Waals surface area contributed by atoms with Crippen molar-refractivity contribution in [1.29, 1.82) is 0 Å². The number of nitrogens with zero attached hydrogens (tertiary/aromatic N) is 1. The van der Waals surface area contributed by atoms with Crippen LogP contribution in [0, 0.1) is 5.92 Å². The molecule has 0 saturated heterocycles. The molecule has 1 unspecified atom stereocenters. The summed E-state index contributed by atoms with van der Waals surface area (Å²) in [6, 6.07) is 18.5. The average molecular weight is 437 g/mol. The Bertz CT molecular complexity index is 1020. The first-order valence-corrected chi connectivity index (χ1v) is 11.1. The third-order valence-electron chi connectivity index (χ3n) is 4.83. The van der Waals surface area contributed by atoms with E-state index in [4.69, 9.17) is 5.73 Å². The molecule has 0 saturated carbocycles. The van der Waals surface area contributed by atoms with Crippen molar-refractivity contribution in [3.63, 3.8) is 0 Å². The molecule has 0 radical (unpaired) electrons. The molecule has 0 spiro atoms. The van der Waals surface area contributed by atoms with Crippen molar-refractivity contribution >= 4 is 23.2 Å². The zero-order valence-electron chi connectivity index (χ0n) is 18.0. The van der Waals surface area contributed by atoms with Gasteiger partial charge in [0, 0.05) is 6.54 Å². The second kappa shape index (κ2) is 10.3. The highest BCUT2D eigenvalue weighted by molar-refractivity contribution is 7.15. The molecule has 0 aliphatic rings. The standard InChI is InChI=1S/C24H28N4O2S/c1-15(2)19(27-22(29)16(3)25)24-28-20(21(31-24)18-12-8-5-9-13-18)23(30)26-14-17-10-6-4-7-11-17/h4-13,15-16,19H,14,25H2,1-3H3,(H,26,30)(H,27,29)/t16-,19?/m0/s1. The van der Waals surface area contributed by atoms with E-state index in [-0.39, 0.29) is 23.8 Å².